The summed E-state index contributed by atoms with van der Waals surface area (Å²) in [6.07, 6.45) is 0. The minimum atomic E-state index is 1.09. The van der Waals surface area contributed by atoms with Crippen molar-refractivity contribution in [2.24, 2.45) is 0 Å². The normalized spacial score (nSPS) is 11.2. The van der Waals surface area contributed by atoms with Crippen LogP contribution in [-0.2, 0) is 0 Å². The van der Waals surface area contributed by atoms with Gasteiger partial charge < -0.3 is 4.90 Å². The molecule has 11 aromatic carbocycles. The topological polar surface area (TPSA) is 3.24 Å². The summed E-state index contributed by atoms with van der Waals surface area (Å²) in [4.78, 5) is 2.36. The van der Waals surface area contributed by atoms with Crippen LogP contribution in [0.3, 0.4) is 0 Å². The number of hydrogen-bond acceptors (Lipinski definition) is 1. The van der Waals surface area contributed by atoms with Gasteiger partial charge in [-0.1, -0.05) is 218 Å². The number of nitrogens with zero attached hydrogens (tertiary/aromatic N) is 1. The summed E-state index contributed by atoms with van der Waals surface area (Å²) in [6, 6.07) is 94.5. The monoisotopic (exact) mass is 801 g/mol. The second-order valence-electron chi connectivity index (χ2n) is 16.1. The molecule has 0 atom stereocenters. The minimum Gasteiger partial charge on any atom is -0.311 e. The van der Waals surface area contributed by atoms with Crippen LogP contribution < -0.4 is 4.90 Å². The molecule has 0 fully saturated rings. The van der Waals surface area contributed by atoms with E-state index in [-0.39, 0.29) is 0 Å². The molecule has 0 aromatic heterocycles. The Bertz CT molecular complexity index is 3330. The van der Waals surface area contributed by atoms with Gasteiger partial charge >= 0.3 is 0 Å². The van der Waals surface area contributed by atoms with E-state index < -0.39 is 0 Å². The molecule has 0 aliphatic rings. The third-order valence-corrected chi connectivity index (χ3v) is 12.3. The maximum atomic E-state index is 2.36. The summed E-state index contributed by atoms with van der Waals surface area (Å²) in [5, 5.41) is 5.02. The van der Waals surface area contributed by atoms with E-state index in [0.717, 1.165) is 17.1 Å². The Morgan fingerprint density at radius 2 is 0.587 bits per heavy atom. The molecular weight excluding hydrogens is 759 g/mol. The summed E-state index contributed by atoms with van der Waals surface area (Å²) in [5.41, 5.74) is 17.8. The first-order valence-electron chi connectivity index (χ1n) is 21.7. The highest BCUT2D eigenvalue weighted by Gasteiger charge is 2.17. The number of fused-ring (bicyclic) bond motifs is 2. The van der Waals surface area contributed by atoms with Gasteiger partial charge in [0.25, 0.3) is 0 Å². The lowest BCUT2D eigenvalue weighted by Crippen LogP contribution is -2.09. The lowest BCUT2D eigenvalue weighted by molar-refractivity contribution is 1.28. The molecule has 0 saturated carbocycles. The Hall–Kier alpha value is -8.26. The summed E-state index contributed by atoms with van der Waals surface area (Å²) in [6.45, 7) is 0. The van der Waals surface area contributed by atoms with Crippen LogP contribution in [0.2, 0.25) is 0 Å². The fourth-order valence-corrected chi connectivity index (χ4v) is 9.10. The molecule has 0 aliphatic heterocycles. The van der Waals surface area contributed by atoms with Crippen molar-refractivity contribution in [3.05, 3.63) is 261 Å². The Balaban J connectivity index is 0.955. The second kappa shape index (κ2) is 16.7. The van der Waals surface area contributed by atoms with Gasteiger partial charge in [-0.25, -0.2) is 0 Å². The first-order chi connectivity index (χ1) is 31.2. The summed E-state index contributed by atoms with van der Waals surface area (Å²) in [5.74, 6) is 0. The zero-order chi connectivity index (χ0) is 42.0. The maximum Gasteiger partial charge on any atom is 0.0462 e. The molecule has 0 aliphatic carbocycles. The fourth-order valence-electron chi connectivity index (χ4n) is 9.10. The van der Waals surface area contributed by atoms with E-state index in [1.54, 1.807) is 0 Å². The van der Waals surface area contributed by atoms with Crippen LogP contribution in [0.1, 0.15) is 0 Å². The Labute approximate surface area is 369 Å². The van der Waals surface area contributed by atoms with Crippen molar-refractivity contribution >= 4 is 38.6 Å². The molecule has 1 heteroatoms. The molecule has 0 heterocycles. The summed E-state index contributed by atoms with van der Waals surface area (Å²) >= 11 is 0. The van der Waals surface area contributed by atoms with Crippen LogP contribution in [0, 0.1) is 0 Å². The summed E-state index contributed by atoms with van der Waals surface area (Å²) < 4.78 is 0. The lowest BCUT2D eigenvalue weighted by Gasteiger charge is -2.26. The van der Waals surface area contributed by atoms with Gasteiger partial charge in [-0.05, 0) is 131 Å². The van der Waals surface area contributed by atoms with E-state index in [4.69, 9.17) is 0 Å². The van der Waals surface area contributed by atoms with Crippen molar-refractivity contribution in [3.63, 3.8) is 0 Å². The van der Waals surface area contributed by atoms with Crippen LogP contribution in [0.4, 0.5) is 17.1 Å². The molecule has 0 unspecified atom stereocenters. The van der Waals surface area contributed by atoms with Crippen molar-refractivity contribution in [1.82, 2.24) is 0 Å². The lowest BCUT2D eigenvalue weighted by atomic mass is 9.90. The van der Waals surface area contributed by atoms with Crippen LogP contribution >= 0.6 is 0 Å². The SMILES string of the molecule is c1ccc(-c2cccc(-c3ccc(N(c4ccc(-c5ccc(-c6cccc7ccccc67)cc5)cc4)c4ccc(-c5ccc6ccccc6c5-c5ccccc5)cc4)cc3)c2)cc1. The molecule has 0 spiro atoms. The van der Waals surface area contributed by atoms with Crippen LogP contribution in [0.5, 0.6) is 0 Å². The Morgan fingerprint density at radius 3 is 1.19 bits per heavy atom. The highest BCUT2D eigenvalue weighted by Crippen LogP contribution is 2.42. The molecule has 1 nitrogen and oxygen atoms in total. The molecule has 11 aromatic rings. The molecule has 63 heavy (non-hydrogen) atoms. The highest BCUT2D eigenvalue weighted by atomic mass is 15.1. The minimum absolute atomic E-state index is 1.09. The van der Waals surface area contributed by atoms with Gasteiger partial charge in [-0.2, -0.15) is 0 Å². The van der Waals surface area contributed by atoms with E-state index in [1.165, 1.54) is 88.3 Å². The molecule has 0 N–H and O–H groups in total. The quantitative estimate of drug-likeness (QED) is 0.141. The van der Waals surface area contributed by atoms with Crippen molar-refractivity contribution in [2.45, 2.75) is 0 Å². The Morgan fingerprint density at radius 1 is 0.206 bits per heavy atom. The van der Waals surface area contributed by atoms with Gasteiger partial charge in [0, 0.05) is 17.1 Å². The molecule has 0 saturated heterocycles. The van der Waals surface area contributed by atoms with E-state index >= 15 is 0 Å². The Kier molecular flexibility index (Phi) is 9.97. The van der Waals surface area contributed by atoms with Gasteiger partial charge in [-0.3, -0.25) is 0 Å². The number of anilines is 3. The van der Waals surface area contributed by atoms with E-state index in [1.807, 2.05) is 0 Å². The predicted octanol–water partition coefficient (Wildman–Crippen LogP) is 17.5. The first-order valence-corrected chi connectivity index (χ1v) is 21.7. The number of hydrogen-bond donors (Lipinski definition) is 0. The second-order valence-corrected chi connectivity index (χ2v) is 16.1. The predicted molar refractivity (Wildman–Crippen MR) is 269 cm³/mol. The standard InChI is InChI=1S/C62H43N/c1-3-13-44(14-4-1)53-20-11-21-54(43-53)47-31-38-56(39-32-47)63(55-36-29-46(30-37-55)45-25-27-50(28-26-45)59-24-12-19-48-15-7-9-22-58(48)59)57-40-33-51(34-41-57)61-42-35-49-16-8-10-23-60(49)62(61)52-17-5-2-6-18-52/h1-43H. The zero-order valence-electron chi connectivity index (χ0n) is 34.8. The smallest absolute Gasteiger partial charge is 0.0462 e. The van der Waals surface area contributed by atoms with Gasteiger partial charge in [0.1, 0.15) is 0 Å². The van der Waals surface area contributed by atoms with Crippen LogP contribution in [-0.4, -0.2) is 0 Å². The molecule has 0 radical (unpaired) electrons. The van der Waals surface area contributed by atoms with E-state index in [0.29, 0.717) is 0 Å². The maximum absolute atomic E-state index is 2.36. The first kappa shape index (κ1) is 37.7. The average Bonchev–Trinajstić information content (AvgIpc) is 3.37. The van der Waals surface area contributed by atoms with E-state index in [2.05, 4.69) is 266 Å². The van der Waals surface area contributed by atoms with Crippen molar-refractivity contribution in [2.75, 3.05) is 4.90 Å². The molecular formula is C62H43N. The van der Waals surface area contributed by atoms with E-state index in [9.17, 15) is 0 Å². The van der Waals surface area contributed by atoms with Crippen LogP contribution in [0.25, 0.3) is 88.3 Å². The number of benzene rings is 11. The van der Waals surface area contributed by atoms with Gasteiger partial charge in [0.05, 0.1) is 0 Å². The molecule has 0 bridgehead atoms. The largest absolute Gasteiger partial charge is 0.311 e. The average molecular weight is 802 g/mol. The van der Waals surface area contributed by atoms with Gasteiger partial charge in [0.2, 0.25) is 0 Å². The summed E-state index contributed by atoms with van der Waals surface area (Å²) in [7, 11) is 0. The van der Waals surface area contributed by atoms with Crippen LogP contribution in [0.15, 0.2) is 261 Å². The third kappa shape index (κ3) is 7.47. The molecule has 11 rings (SSSR count). The highest BCUT2D eigenvalue weighted by molar-refractivity contribution is 6.04. The molecule has 296 valence electrons. The number of rotatable bonds is 9. The fraction of sp³-hybridized carbons (Fsp3) is 0. The van der Waals surface area contributed by atoms with Gasteiger partial charge in [0.15, 0.2) is 0 Å². The zero-order valence-corrected chi connectivity index (χ0v) is 34.8. The van der Waals surface area contributed by atoms with Crippen molar-refractivity contribution in [1.29, 1.82) is 0 Å². The third-order valence-electron chi connectivity index (χ3n) is 12.3. The molecule has 0 amide bonds. The van der Waals surface area contributed by atoms with Crippen molar-refractivity contribution in [3.8, 4) is 66.8 Å². The van der Waals surface area contributed by atoms with Crippen molar-refractivity contribution < 1.29 is 0 Å². The van der Waals surface area contributed by atoms with Gasteiger partial charge in [-0.15, -0.1) is 0 Å².